The number of benzene rings is 2. The molecule has 5 heterocycles. The van der Waals surface area contributed by atoms with E-state index in [4.69, 9.17) is 39.2 Å². The van der Waals surface area contributed by atoms with Crippen molar-refractivity contribution >= 4 is 65.8 Å². The molecule has 2 aromatic carbocycles. The number of pyridine rings is 4. The quantitative estimate of drug-likeness (QED) is 0.119. The summed E-state index contributed by atoms with van der Waals surface area (Å²) < 4.78 is 27.7. The third-order valence-corrected chi connectivity index (χ3v) is 12.8. The lowest BCUT2D eigenvalue weighted by Crippen LogP contribution is -2.44. The Balaban J connectivity index is 0.000000273. The van der Waals surface area contributed by atoms with Crippen LogP contribution in [0.4, 0.5) is 0 Å². The number of halogens is 1. The Morgan fingerprint density at radius 1 is 0.603 bits per heavy atom. The van der Waals surface area contributed by atoms with Crippen molar-refractivity contribution in [1.82, 2.24) is 19.1 Å². The maximum atomic E-state index is 12.6. The number of nitrogens with zero attached hydrogens (tertiary/aromatic N) is 4. The Hall–Kier alpha value is -4.81. The lowest BCUT2D eigenvalue weighted by molar-refractivity contribution is -0.107. The fourth-order valence-electron chi connectivity index (χ4n) is 5.76. The second-order valence-electron chi connectivity index (χ2n) is 19.2. The summed E-state index contributed by atoms with van der Waals surface area (Å²) in [5, 5.41) is 38.3. The van der Waals surface area contributed by atoms with Gasteiger partial charge in [-0.2, -0.15) is 0 Å². The van der Waals surface area contributed by atoms with Crippen molar-refractivity contribution in [3.63, 3.8) is 0 Å². The van der Waals surface area contributed by atoms with Gasteiger partial charge in [0.1, 0.15) is 11.5 Å². The molecule has 1 aliphatic heterocycles. The molecule has 0 bridgehead atoms. The van der Waals surface area contributed by atoms with Crippen molar-refractivity contribution in [1.29, 1.82) is 0 Å². The minimum Gasteiger partial charge on any atom is -0.497 e. The number of aliphatic hydroxyl groups is 4. The Labute approximate surface area is 411 Å². The van der Waals surface area contributed by atoms with E-state index in [9.17, 15) is 9.59 Å². The second-order valence-corrected chi connectivity index (χ2v) is 20.0. The fourth-order valence-corrected chi connectivity index (χ4v) is 6.28. The van der Waals surface area contributed by atoms with E-state index in [1.165, 1.54) is 0 Å². The maximum absolute atomic E-state index is 12.6. The molecule has 14 nitrogen and oxygen atoms in total. The summed E-state index contributed by atoms with van der Waals surface area (Å²) in [5.41, 5.74) is -1.00. The van der Waals surface area contributed by atoms with Crippen molar-refractivity contribution in [2.45, 2.75) is 130 Å². The largest absolute Gasteiger partial charge is 0.498 e. The predicted octanol–water partition coefficient (Wildman–Crippen LogP) is 6.26. The van der Waals surface area contributed by atoms with E-state index in [1.54, 1.807) is 103 Å². The lowest BCUT2D eigenvalue weighted by Gasteiger charge is -2.32. The van der Waals surface area contributed by atoms with Crippen LogP contribution in [0.15, 0.2) is 111 Å². The van der Waals surface area contributed by atoms with Crippen molar-refractivity contribution in [3.8, 4) is 11.5 Å². The standard InChI is InChI=1S/C22H25BN2O4.C16H13BrN2O2.2C6H14O2.B2/c1-21(2)22(3,4)29-23(28-21)17-12-15-9-10-20(26)25(18(15)13-19(17)27-5)14-16-8-6-7-11-24-16;1-21-15-9-14-11(8-13(15)17)5-6-16(20)19(14)10-12-4-2-3-7-18-12;2*1-5(2,7)6(3,4)8;1-2/h6-13H,14H2,1-5H3;2-9H,10H2,1H3;2*7-8H,1-4H3;. The van der Waals surface area contributed by atoms with Gasteiger partial charge in [0, 0.05) is 57.6 Å². The first-order valence-electron chi connectivity index (χ1n) is 21.9. The molecule has 4 N–H and O–H groups in total. The number of ether oxygens (including phenoxy) is 2. The minimum atomic E-state index is -1.01. The van der Waals surface area contributed by atoms with Crippen molar-refractivity contribution in [3.05, 3.63) is 134 Å². The Kier molecular flexibility index (Phi) is 19.6. The molecular weight excluding hydrogens is 929 g/mol. The normalized spacial score (nSPS) is 14.2. The fraction of sp³-hybridized carbons (Fsp3) is 0.440. The molecule has 0 atom stereocenters. The third-order valence-electron chi connectivity index (χ3n) is 12.2. The van der Waals surface area contributed by atoms with Crippen LogP contribution in [0.25, 0.3) is 21.8 Å². The average Bonchev–Trinajstić information content (AvgIpc) is 3.48. The molecule has 4 aromatic heterocycles. The highest BCUT2D eigenvalue weighted by Crippen LogP contribution is 2.38. The van der Waals surface area contributed by atoms with Crippen LogP contribution in [0.1, 0.15) is 94.5 Å². The monoisotopic (exact) mass is 994 g/mol. The molecule has 0 aliphatic carbocycles. The zero-order chi connectivity index (χ0) is 51.6. The summed E-state index contributed by atoms with van der Waals surface area (Å²) in [4.78, 5) is 33.4. The third kappa shape index (κ3) is 14.9. The van der Waals surface area contributed by atoms with Gasteiger partial charge in [-0.05, 0) is 158 Å². The van der Waals surface area contributed by atoms with Gasteiger partial charge in [0.2, 0.25) is 0 Å². The second kappa shape index (κ2) is 23.2. The van der Waals surface area contributed by atoms with Gasteiger partial charge in [0.25, 0.3) is 11.1 Å². The lowest BCUT2D eigenvalue weighted by atomic mass is 9.77. The highest BCUT2D eigenvalue weighted by atomic mass is 79.9. The van der Waals surface area contributed by atoms with E-state index in [0.29, 0.717) is 24.6 Å². The van der Waals surface area contributed by atoms with E-state index in [2.05, 4.69) is 41.4 Å². The summed E-state index contributed by atoms with van der Waals surface area (Å²) in [6, 6.07) is 25.8. The minimum absolute atomic E-state index is 0.0578. The van der Waals surface area contributed by atoms with Gasteiger partial charge in [0.05, 0.1) is 87.8 Å². The molecule has 4 radical (unpaired) electrons. The van der Waals surface area contributed by atoms with Crippen LogP contribution in [-0.2, 0) is 22.4 Å². The van der Waals surface area contributed by atoms with E-state index in [0.717, 1.165) is 43.1 Å². The van der Waals surface area contributed by atoms with Gasteiger partial charge in [-0.25, -0.2) is 0 Å². The average molecular weight is 995 g/mol. The molecule has 0 unspecified atom stereocenters. The summed E-state index contributed by atoms with van der Waals surface area (Å²) in [7, 11) is 10.7. The summed E-state index contributed by atoms with van der Waals surface area (Å²) >= 11 is 3.46. The molecule has 68 heavy (non-hydrogen) atoms. The predicted molar refractivity (Wildman–Crippen MR) is 276 cm³/mol. The molecular formula is C50H66B3BrN4O10. The van der Waals surface area contributed by atoms with Crippen LogP contribution in [0.3, 0.4) is 0 Å². The zero-order valence-electron chi connectivity index (χ0n) is 41.8. The molecule has 0 amide bonds. The van der Waals surface area contributed by atoms with Gasteiger partial charge in [-0.3, -0.25) is 19.6 Å². The molecule has 1 saturated heterocycles. The van der Waals surface area contributed by atoms with Crippen LogP contribution < -0.4 is 26.1 Å². The van der Waals surface area contributed by atoms with Crippen molar-refractivity contribution in [2.75, 3.05) is 14.2 Å². The maximum Gasteiger partial charge on any atom is 0.498 e. The number of rotatable bonds is 9. The number of hydrogen-bond donors (Lipinski definition) is 4. The zero-order valence-corrected chi connectivity index (χ0v) is 43.4. The molecule has 18 heteroatoms. The first-order valence-corrected chi connectivity index (χ1v) is 22.7. The molecule has 1 aliphatic rings. The highest BCUT2D eigenvalue weighted by Gasteiger charge is 2.52. The number of hydrogen-bond acceptors (Lipinski definition) is 12. The van der Waals surface area contributed by atoms with Crippen molar-refractivity contribution in [2.24, 2.45) is 0 Å². The first kappa shape index (κ1) is 57.5. The van der Waals surface area contributed by atoms with Gasteiger partial charge in [-0.1, -0.05) is 12.1 Å². The van der Waals surface area contributed by atoms with E-state index in [-0.39, 0.29) is 11.1 Å². The SMILES string of the molecule is CC(C)(O)C(C)(C)O.CC(C)(O)C(C)(C)O.COc1cc2c(ccc(=O)n2Cc2ccccn2)cc1B1OC(C)(C)C(C)(C)O1.COc1cc2c(ccc(=O)n2Cc2ccccn2)cc1Br.[B][B]. The Morgan fingerprint density at radius 3 is 1.31 bits per heavy atom. The highest BCUT2D eigenvalue weighted by molar-refractivity contribution is 9.10. The van der Waals surface area contributed by atoms with Crippen LogP contribution in [0, 0.1) is 0 Å². The summed E-state index contributed by atoms with van der Waals surface area (Å²) in [6.45, 7) is 21.5. The van der Waals surface area contributed by atoms with Gasteiger partial charge in [0.15, 0.2) is 0 Å². The van der Waals surface area contributed by atoms with E-state index < -0.39 is 40.7 Å². The van der Waals surface area contributed by atoms with Gasteiger partial charge >= 0.3 is 7.12 Å². The van der Waals surface area contributed by atoms with Crippen LogP contribution >= 0.6 is 15.9 Å². The van der Waals surface area contributed by atoms with Gasteiger partial charge < -0.3 is 48.3 Å². The topological polar surface area (TPSA) is 188 Å². The molecule has 0 spiro atoms. The van der Waals surface area contributed by atoms with Crippen LogP contribution in [-0.4, -0.2) is 110 Å². The molecule has 7 rings (SSSR count). The van der Waals surface area contributed by atoms with E-state index >= 15 is 0 Å². The van der Waals surface area contributed by atoms with Gasteiger partial charge in [-0.15, -0.1) is 0 Å². The summed E-state index contributed by atoms with van der Waals surface area (Å²) in [5.74, 6) is 1.32. The Morgan fingerprint density at radius 2 is 0.971 bits per heavy atom. The number of aromatic nitrogens is 4. The first-order chi connectivity index (χ1) is 31.4. The number of methoxy groups -OCH3 is 2. The van der Waals surface area contributed by atoms with Crippen LogP contribution in [0.5, 0.6) is 11.5 Å². The van der Waals surface area contributed by atoms with Crippen LogP contribution in [0.2, 0.25) is 0 Å². The molecule has 0 saturated carbocycles. The van der Waals surface area contributed by atoms with Crippen molar-refractivity contribution < 1.29 is 39.2 Å². The molecule has 6 aromatic rings. The molecule has 1 fully saturated rings. The number of fused-ring (bicyclic) bond motifs is 2. The molecule has 362 valence electrons. The smallest absolute Gasteiger partial charge is 0.497 e. The summed E-state index contributed by atoms with van der Waals surface area (Å²) in [6.07, 6.45) is 3.45. The Bertz CT molecular complexity index is 2630. The van der Waals surface area contributed by atoms with E-state index in [1.807, 2.05) is 100 Å².